The van der Waals surface area contributed by atoms with E-state index in [0.29, 0.717) is 29.1 Å². The molecule has 1 fully saturated rings. The zero-order valence-electron chi connectivity index (χ0n) is 14.9. The van der Waals surface area contributed by atoms with Crippen LogP contribution in [0.3, 0.4) is 0 Å². The molecule has 26 heavy (non-hydrogen) atoms. The Kier molecular flexibility index (Phi) is 5.84. The van der Waals surface area contributed by atoms with E-state index < -0.39 is 0 Å². The van der Waals surface area contributed by atoms with Gasteiger partial charge in [-0.25, -0.2) is 4.79 Å². The molecule has 1 N–H and O–H groups in total. The molecule has 136 valence electrons. The third-order valence-corrected chi connectivity index (χ3v) is 4.33. The van der Waals surface area contributed by atoms with E-state index in [4.69, 9.17) is 4.74 Å². The number of nitrogens with one attached hydrogen (secondary N) is 1. The first-order valence-electron chi connectivity index (χ1n) is 8.96. The molecule has 0 spiro atoms. The maximum Gasteiger partial charge on any atom is 0.340 e. The molecular weight excluding hydrogens is 330 g/mol. The van der Waals surface area contributed by atoms with Gasteiger partial charge in [0.15, 0.2) is 0 Å². The molecule has 1 aromatic carbocycles. The van der Waals surface area contributed by atoms with Crippen LogP contribution in [0.4, 0.5) is 11.4 Å². The Morgan fingerprint density at radius 2 is 1.92 bits per heavy atom. The lowest BCUT2D eigenvalue weighted by Gasteiger charge is -2.26. The van der Waals surface area contributed by atoms with Gasteiger partial charge in [-0.15, -0.1) is 0 Å². The van der Waals surface area contributed by atoms with Crippen molar-refractivity contribution in [1.82, 2.24) is 9.88 Å². The standard InChI is InChI=1S/C20H23N3O3/c1-2-26-20(25)17-8-4-5-9-18(17)22-16-12-15(13-21-14-16)19(24)23-10-6-3-7-11-23/h4-5,8-9,12-14,22H,2-3,6-7,10-11H2,1H3. The van der Waals surface area contributed by atoms with Crippen LogP contribution in [0.25, 0.3) is 0 Å². The normalized spacial score (nSPS) is 14.0. The minimum atomic E-state index is -0.385. The van der Waals surface area contributed by atoms with E-state index in [1.165, 1.54) is 6.42 Å². The van der Waals surface area contributed by atoms with Crippen molar-refractivity contribution in [2.45, 2.75) is 26.2 Å². The first-order valence-corrected chi connectivity index (χ1v) is 8.96. The highest BCUT2D eigenvalue weighted by molar-refractivity contribution is 5.97. The molecular formula is C20H23N3O3. The summed E-state index contributed by atoms with van der Waals surface area (Å²) >= 11 is 0. The average Bonchev–Trinajstić information content (AvgIpc) is 2.69. The Bertz CT molecular complexity index is 785. The molecule has 2 heterocycles. The molecule has 2 aromatic rings. The van der Waals surface area contributed by atoms with Gasteiger partial charge >= 0.3 is 5.97 Å². The number of anilines is 2. The van der Waals surface area contributed by atoms with E-state index in [1.807, 2.05) is 11.0 Å². The number of carbonyl (C=O) groups excluding carboxylic acids is 2. The Morgan fingerprint density at radius 1 is 1.15 bits per heavy atom. The van der Waals surface area contributed by atoms with Crippen molar-refractivity contribution >= 4 is 23.3 Å². The van der Waals surface area contributed by atoms with E-state index in [-0.39, 0.29) is 11.9 Å². The van der Waals surface area contributed by atoms with Crippen LogP contribution in [0.15, 0.2) is 42.7 Å². The summed E-state index contributed by atoms with van der Waals surface area (Å²) in [6, 6.07) is 8.89. The van der Waals surface area contributed by atoms with Crippen LogP contribution in [0, 0.1) is 0 Å². The highest BCUT2D eigenvalue weighted by Gasteiger charge is 2.19. The van der Waals surface area contributed by atoms with Crippen molar-refractivity contribution in [2.24, 2.45) is 0 Å². The van der Waals surface area contributed by atoms with Crippen LogP contribution in [0.5, 0.6) is 0 Å². The number of nitrogens with zero attached hydrogens (tertiary/aromatic N) is 2. The van der Waals surface area contributed by atoms with Gasteiger partial charge in [0.1, 0.15) is 0 Å². The number of ether oxygens (including phenoxy) is 1. The van der Waals surface area contributed by atoms with Gasteiger partial charge < -0.3 is 15.0 Å². The largest absolute Gasteiger partial charge is 0.462 e. The number of hydrogen-bond acceptors (Lipinski definition) is 5. The molecule has 1 aliphatic heterocycles. The summed E-state index contributed by atoms with van der Waals surface area (Å²) in [5.74, 6) is -0.386. The van der Waals surface area contributed by atoms with Crippen molar-refractivity contribution in [3.8, 4) is 0 Å². The van der Waals surface area contributed by atoms with Crippen LogP contribution in [0.2, 0.25) is 0 Å². The van der Waals surface area contributed by atoms with Crippen LogP contribution >= 0.6 is 0 Å². The van der Waals surface area contributed by atoms with Crippen molar-refractivity contribution < 1.29 is 14.3 Å². The van der Waals surface area contributed by atoms with Gasteiger partial charge in [-0.05, 0) is 44.4 Å². The Balaban J connectivity index is 1.79. The van der Waals surface area contributed by atoms with Gasteiger partial charge in [-0.1, -0.05) is 12.1 Å². The number of para-hydroxylation sites is 1. The Labute approximate surface area is 153 Å². The second-order valence-electron chi connectivity index (χ2n) is 6.21. The van der Waals surface area contributed by atoms with Gasteiger partial charge in [0.2, 0.25) is 0 Å². The average molecular weight is 353 g/mol. The fraction of sp³-hybridized carbons (Fsp3) is 0.350. The van der Waals surface area contributed by atoms with Gasteiger partial charge in [-0.3, -0.25) is 9.78 Å². The Hall–Kier alpha value is -2.89. The number of aromatic nitrogens is 1. The number of carbonyl (C=O) groups is 2. The smallest absolute Gasteiger partial charge is 0.340 e. The molecule has 6 nitrogen and oxygen atoms in total. The number of amides is 1. The van der Waals surface area contributed by atoms with Crippen LogP contribution in [-0.2, 0) is 4.74 Å². The minimum absolute atomic E-state index is 0.000437. The molecule has 1 amide bonds. The summed E-state index contributed by atoms with van der Waals surface area (Å²) < 4.78 is 5.09. The van der Waals surface area contributed by atoms with Crippen molar-refractivity contribution in [1.29, 1.82) is 0 Å². The second kappa shape index (κ2) is 8.47. The number of pyridine rings is 1. The number of rotatable bonds is 5. The first kappa shape index (κ1) is 17.9. The highest BCUT2D eigenvalue weighted by Crippen LogP contribution is 2.22. The topological polar surface area (TPSA) is 71.5 Å². The molecule has 0 atom stereocenters. The van der Waals surface area contributed by atoms with Crippen LogP contribution in [-0.4, -0.2) is 41.5 Å². The van der Waals surface area contributed by atoms with E-state index in [9.17, 15) is 9.59 Å². The highest BCUT2D eigenvalue weighted by atomic mass is 16.5. The van der Waals surface area contributed by atoms with E-state index >= 15 is 0 Å². The summed E-state index contributed by atoms with van der Waals surface area (Å²) in [4.78, 5) is 30.8. The Morgan fingerprint density at radius 3 is 2.69 bits per heavy atom. The number of piperidine rings is 1. The molecule has 0 saturated carbocycles. The number of esters is 1. The number of likely N-dealkylation sites (tertiary alicyclic amines) is 1. The molecule has 0 aliphatic carbocycles. The lowest BCUT2D eigenvalue weighted by atomic mass is 10.1. The molecule has 3 rings (SSSR count). The van der Waals surface area contributed by atoms with Crippen molar-refractivity contribution in [3.63, 3.8) is 0 Å². The van der Waals surface area contributed by atoms with Gasteiger partial charge in [-0.2, -0.15) is 0 Å². The monoisotopic (exact) mass is 353 g/mol. The third-order valence-electron chi connectivity index (χ3n) is 4.33. The molecule has 6 heteroatoms. The lowest BCUT2D eigenvalue weighted by Crippen LogP contribution is -2.35. The summed E-state index contributed by atoms with van der Waals surface area (Å²) in [5.41, 5.74) is 2.27. The van der Waals surface area contributed by atoms with Gasteiger partial charge in [0.25, 0.3) is 5.91 Å². The van der Waals surface area contributed by atoms with E-state index in [2.05, 4.69) is 10.3 Å². The van der Waals surface area contributed by atoms with Crippen LogP contribution in [0.1, 0.15) is 46.9 Å². The molecule has 1 saturated heterocycles. The fourth-order valence-electron chi connectivity index (χ4n) is 3.04. The zero-order chi connectivity index (χ0) is 18.4. The van der Waals surface area contributed by atoms with E-state index in [1.54, 1.807) is 43.6 Å². The fourth-order valence-corrected chi connectivity index (χ4v) is 3.04. The number of hydrogen-bond donors (Lipinski definition) is 1. The quantitative estimate of drug-likeness (QED) is 0.831. The first-order chi connectivity index (χ1) is 12.7. The maximum atomic E-state index is 12.6. The van der Waals surface area contributed by atoms with Crippen molar-refractivity contribution in [2.75, 3.05) is 25.0 Å². The molecule has 1 aliphatic rings. The summed E-state index contributed by atoms with van der Waals surface area (Å²) in [6.45, 7) is 3.67. The maximum absolute atomic E-state index is 12.6. The molecule has 1 aromatic heterocycles. The van der Waals surface area contributed by atoms with Gasteiger partial charge in [0.05, 0.1) is 35.3 Å². The summed E-state index contributed by atoms with van der Waals surface area (Å²) in [6.07, 6.45) is 6.48. The molecule has 0 bridgehead atoms. The summed E-state index contributed by atoms with van der Waals surface area (Å²) in [5, 5.41) is 3.18. The minimum Gasteiger partial charge on any atom is -0.462 e. The SMILES string of the molecule is CCOC(=O)c1ccccc1Nc1cncc(C(=O)N2CCCCC2)c1. The second-order valence-corrected chi connectivity index (χ2v) is 6.21. The van der Waals surface area contributed by atoms with Crippen molar-refractivity contribution in [3.05, 3.63) is 53.9 Å². The van der Waals surface area contributed by atoms with Crippen LogP contribution < -0.4 is 5.32 Å². The predicted molar refractivity (Wildman–Crippen MR) is 99.7 cm³/mol. The molecule has 0 radical (unpaired) electrons. The zero-order valence-corrected chi connectivity index (χ0v) is 14.9. The number of benzene rings is 1. The summed E-state index contributed by atoms with van der Waals surface area (Å²) in [7, 11) is 0. The van der Waals surface area contributed by atoms with E-state index in [0.717, 1.165) is 25.9 Å². The lowest BCUT2D eigenvalue weighted by molar-refractivity contribution is 0.0527. The third kappa shape index (κ3) is 4.20. The molecule has 0 unspecified atom stereocenters. The van der Waals surface area contributed by atoms with Gasteiger partial charge in [0, 0.05) is 19.3 Å². The predicted octanol–water partition coefficient (Wildman–Crippen LogP) is 3.63.